The molecule has 0 aromatic carbocycles. The monoisotopic (exact) mass is 554 g/mol. The van der Waals surface area contributed by atoms with Crippen molar-refractivity contribution in [3.8, 4) is 0 Å². The fourth-order valence-electron chi connectivity index (χ4n) is 3.93. The Labute approximate surface area is 241 Å². The van der Waals surface area contributed by atoms with Crippen LogP contribution >= 0.6 is 0 Å². The van der Waals surface area contributed by atoms with Crippen molar-refractivity contribution in [3.05, 3.63) is 25.3 Å². The quantitative estimate of drug-likeness (QED) is 0.0522. The van der Waals surface area contributed by atoms with Crippen LogP contribution in [0.5, 0.6) is 0 Å². The molecule has 0 aliphatic carbocycles. The van der Waals surface area contributed by atoms with Gasteiger partial charge in [0.25, 0.3) is 0 Å². The van der Waals surface area contributed by atoms with E-state index in [9.17, 15) is 9.59 Å². The Morgan fingerprint density at radius 2 is 0.718 bits per heavy atom. The first-order valence-electron chi connectivity index (χ1n) is 15.9. The summed E-state index contributed by atoms with van der Waals surface area (Å²) < 4.78 is 20.4. The van der Waals surface area contributed by atoms with Crippen LogP contribution in [0.3, 0.4) is 0 Å². The van der Waals surface area contributed by atoms with Crippen LogP contribution in [0, 0.1) is 0 Å². The van der Waals surface area contributed by atoms with Gasteiger partial charge in [0.05, 0.1) is 13.2 Å². The molecule has 0 aromatic heterocycles. The average Bonchev–Trinajstić information content (AvgIpc) is 2.95. The first-order valence-corrected chi connectivity index (χ1v) is 15.9. The molecule has 0 unspecified atom stereocenters. The van der Waals surface area contributed by atoms with E-state index in [-0.39, 0.29) is 11.9 Å². The third kappa shape index (κ3) is 38.6. The minimum absolute atomic E-state index is 0.322. The van der Waals surface area contributed by atoms with E-state index in [2.05, 4.69) is 27.0 Å². The lowest BCUT2D eigenvalue weighted by atomic mass is 10.1. The number of rotatable bonds is 29. The van der Waals surface area contributed by atoms with E-state index in [0.29, 0.717) is 26.4 Å². The third-order valence-electron chi connectivity index (χ3n) is 6.31. The number of carbonyl (C=O) groups is 2. The van der Waals surface area contributed by atoms with Gasteiger partial charge in [-0.25, -0.2) is 9.59 Å². The molecule has 0 fully saturated rings. The molecular formula is C33H62O6. The van der Waals surface area contributed by atoms with Gasteiger partial charge in [0.2, 0.25) is 0 Å². The SMILES string of the molecule is C=CC(=O)OCCOCCCCCCCCCCC.C=CC(=O)OCCOCCCCCCCCCCCC. The zero-order valence-corrected chi connectivity index (χ0v) is 25.7. The highest BCUT2D eigenvalue weighted by atomic mass is 16.6. The molecule has 0 rings (SSSR count). The summed E-state index contributed by atoms with van der Waals surface area (Å²) in [7, 11) is 0. The van der Waals surface area contributed by atoms with Crippen molar-refractivity contribution >= 4 is 11.9 Å². The van der Waals surface area contributed by atoms with Gasteiger partial charge in [0, 0.05) is 25.4 Å². The van der Waals surface area contributed by atoms with Crippen LogP contribution in [0.15, 0.2) is 25.3 Å². The molecule has 0 saturated carbocycles. The molecule has 39 heavy (non-hydrogen) atoms. The molecule has 0 aromatic rings. The van der Waals surface area contributed by atoms with Gasteiger partial charge in [-0.15, -0.1) is 0 Å². The second-order valence-electron chi connectivity index (χ2n) is 9.98. The summed E-state index contributed by atoms with van der Waals surface area (Å²) in [5.74, 6) is -0.765. The average molecular weight is 555 g/mol. The fourth-order valence-corrected chi connectivity index (χ4v) is 3.93. The molecule has 0 atom stereocenters. The minimum atomic E-state index is -0.383. The number of carbonyl (C=O) groups excluding carboxylic acids is 2. The normalized spacial score (nSPS) is 10.4. The summed E-state index contributed by atoms with van der Waals surface area (Å²) in [6, 6.07) is 0. The van der Waals surface area contributed by atoms with E-state index in [1.807, 2.05) is 0 Å². The van der Waals surface area contributed by atoms with Crippen LogP contribution in [0.4, 0.5) is 0 Å². The smallest absolute Gasteiger partial charge is 0.330 e. The van der Waals surface area contributed by atoms with Crippen molar-refractivity contribution in [2.24, 2.45) is 0 Å². The van der Waals surface area contributed by atoms with Gasteiger partial charge >= 0.3 is 11.9 Å². The summed E-state index contributed by atoms with van der Waals surface area (Å²) in [6.45, 7) is 14.3. The standard InChI is InChI=1S/C17H32O3.C16H30O3/c1-3-5-6-7-8-9-10-11-12-13-14-19-15-16-20-17(18)4-2;1-3-5-6-7-8-9-10-11-12-13-18-14-15-19-16(17)4-2/h4H,2-3,5-16H2,1H3;4H,2-3,5-15H2,1H3. The molecule has 0 aliphatic rings. The van der Waals surface area contributed by atoms with Crippen LogP contribution in [0.2, 0.25) is 0 Å². The Balaban J connectivity index is 0. The molecule has 0 radical (unpaired) electrons. The summed E-state index contributed by atoms with van der Waals surface area (Å²) in [5, 5.41) is 0. The molecule has 0 heterocycles. The second-order valence-corrected chi connectivity index (χ2v) is 9.98. The molecule has 0 spiro atoms. The Hall–Kier alpha value is -1.66. The second kappa shape index (κ2) is 36.3. The van der Waals surface area contributed by atoms with Gasteiger partial charge in [-0.2, -0.15) is 0 Å². The predicted molar refractivity (Wildman–Crippen MR) is 163 cm³/mol. The molecule has 6 nitrogen and oxygen atoms in total. The van der Waals surface area contributed by atoms with E-state index >= 15 is 0 Å². The molecule has 0 bridgehead atoms. The number of hydrogen-bond donors (Lipinski definition) is 0. The van der Waals surface area contributed by atoms with Crippen molar-refractivity contribution < 1.29 is 28.5 Å². The Morgan fingerprint density at radius 3 is 1.00 bits per heavy atom. The van der Waals surface area contributed by atoms with E-state index in [0.717, 1.165) is 26.1 Å². The molecule has 6 heteroatoms. The van der Waals surface area contributed by atoms with Crippen LogP contribution < -0.4 is 0 Å². The maximum atomic E-state index is 10.7. The molecule has 230 valence electrons. The lowest BCUT2D eigenvalue weighted by Gasteiger charge is -2.05. The lowest BCUT2D eigenvalue weighted by molar-refractivity contribution is -0.140. The Kier molecular flexibility index (Phi) is 36.8. The Bertz CT molecular complexity index is 534. The maximum absolute atomic E-state index is 10.7. The minimum Gasteiger partial charge on any atom is -0.460 e. The Morgan fingerprint density at radius 1 is 0.436 bits per heavy atom. The zero-order chi connectivity index (χ0) is 29.1. The third-order valence-corrected chi connectivity index (χ3v) is 6.31. The van der Waals surface area contributed by atoms with Gasteiger partial charge in [0.1, 0.15) is 13.2 Å². The summed E-state index contributed by atoms with van der Waals surface area (Å²) in [5.41, 5.74) is 0. The topological polar surface area (TPSA) is 71.1 Å². The number of hydrogen-bond acceptors (Lipinski definition) is 6. The number of ether oxygens (including phenoxy) is 4. The fraction of sp³-hybridized carbons (Fsp3) is 0.818. The molecule has 0 N–H and O–H groups in total. The van der Waals surface area contributed by atoms with Crippen LogP contribution in [-0.2, 0) is 28.5 Å². The first-order chi connectivity index (χ1) is 19.1. The predicted octanol–water partition coefficient (Wildman–Crippen LogP) is 8.92. The number of unbranched alkanes of at least 4 members (excludes halogenated alkanes) is 17. The van der Waals surface area contributed by atoms with E-state index in [1.165, 1.54) is 121 Å². The van der Waals surface area contributed by atoms with Crippen molar-refractivity contribution in [2.45, 2.75) is 136 Å². The first kappa shape index (κ1) is 39.5. The zero-order valence-electron chi connectivity index (χ0n) is 25.7. The highest BCUT2D eigenvalue weighted by Crippen LogP contribution is 2.11. The summed E-state index contributed by atoms with van der Waals surface area (Å²) in [4.78, 5) is 21.5. The van der Waals surface area contributed by atoms with Gasteiger partial charge in [-0.1, -0.05) is 136 Å². The summed E-state index contributed by atoms with van der Waals surface area (Å²) in [6.07, 6.45) is 27.5. The van der Waals surface area contributed by atoms with Crippen molar-refractivity contribution in [1.29, 1.82) is 0 Å². The van der Waals surface area contributed by atoms with Gasteiger partial charge in [0.15, 0.2) is 0 Å². The van der Waals surface area contributed by atoms with Crippen molar-refractivity contribution in [2.75, 3.05) is 39.6 Å². The van der Waals surface area contributed by atoms with Gasteiger partial charge in [-0.3, -0.25) is 0 Å². The van der Waals surface area contributed by atoms with Crippen LogP contribution in [-0.4, -0.2) is 51.6 Å². The van der Waals surface area contributed by atoms with E-state index < -0.39 is 0 Å². The van der Waals surface area contributed by atoms with Crippen molar-refractivity contribution in [3.63, 3.8) is 0 Å². The van der Waals surface area contributed by atoms with E-state index in [1.54, 1.807) is 0 Å². The molecule has 0 saturated heterocycles. The highest BCUT2D eigenvalue weighted by Gasteiger charge is 1.97. The summed E-state index contributed by atoms with van der Waals surface area (Å²) >= 11 is 0. The number of esters is 2. The highest BCUT2D eigenvalue weighted by molar-refractivity contribution is 5.81. The van der Waals surface area contributed by atoms with Gasteiger partial charge in [-0.05, 0) is 12.8 Å². The largest absolute Gasteiger partial charge is 0.460 e. The molecule has 0 amide bonds. The van der Waals surface area contributed by atoms with Gasteiger partial charge < -0.3 is 18.9 Å². The molecule has 0 aliphatic heterocycles. The lowest BCUT2D eigenvalue weighted by Crippen LogP contribution is -2.08. The molecular weight excluding hydrogens is 492 g/mol. The van der Waals surface area contributed by atoms with Crippen LogP contribution in [0.25, 0.3) is 0 Å². The van der Waals surface area contributed by atoms with E-state index in [4.69, 9.17) is 18.9 Å². The van der Waals surface area contributed by atoms with Crippen LogP contribution in [0.1, 0.15) is 136 Å². The maximum Gasteiger partial charge on any atom is 0.330 e. The van der Waals surface area contributed by atoms with Crippen molar-refractivity contribution in [1.82, 2.24) is 0 Å².